The first kappa shape index (κ1) is 21.4. The molecule has 0 bridgehead atoms. The Bertz CT molecular complexity index is 1270. The molecular weight excluding hydrogens is 404 g/mol. The lowest BCUT2D eigenvalue weighted by atomic mass is 10.1. The minimum atomic E-state index is -4.09. The van der Waals surface area contributed by atoms with E-state index in [9.17, 15) is 18.0 Å². The van der Waals surface area contributed by atoms with Crippen LogP contribution in [0.15, 0.2) is 58.2 Å². The summed E-state index contributed by atoms with van der Waals surface area (Å²) in [5.74, 6) is -0.299. The van der Waals surface area contributed by atoms with E-state index in [1.807, 2.05) is 6.07 Å². The Balaban J connectivity index is 2.06. The van der Waals surface area contributed by atoms with Crippen molar-refractivity contribution in [2.24, 2.45) is 7.05 Å². The van der Waals surface area contributed by atoms with Crippen LogP contribution in [0.4, 0.5) is 5.69 Å². The quantitative estimate of drug-likeness (QED) is 0.675. The van der Waals surface area contributed by atoms with Gasteiger partial charge in [-0.1, -0.05) is 24.3 Å². The monoisotopic (exact) mass is 428 g/mol. The van der Waals surface area contributed by atoms with Crippen molar-refractivity contribution in [1.82, 2.24) is 14.3 Å². The summed E-state index contributed by atoms with van der Waals surface area (Å²) in [6.07, 6.45) is 0. The molecule has 0 aliphatic heterocycles. The molecule has 0 spiro atoms. The zero-order chi connectivity index (χ0) is 22.2. The van der Waals surface area contributed by atoms with Crippen molar-refractivity contribution in [3.8, 4) is 5.69 Å². The van der Waals surface area contributed by atoms with Crippen LogP contribution >= 0.6 is 0 Å². The number of nitrogens with one attached hydrogen (secondary N) is 1. The number of benzene rings is 2. The first-order valence-corrected chi connectivity index (χ1v) is 10.7. The number of amides is 1. The summed E-state index contributed by atoms with van der Waals surface area (Å²) in [7, 11) is 0.788. The van der Waals surface area contributed by atoms with Gasteiger partial charge in [0.25, 0.3) is 21.5 Å². The van der Waals surface area contributed by atoms with Gasteiger partial charge in [0, 0.05) is 26.7 Å². The number of hydrogen-bond donors (Lipinski definition) is 1. The van der Waals surface area contributed by atoms with Crippen molar-refractivity contribution in [3.63, 3.8) is 0 Å². The molecule has 3 rings (SSSR count). The maximum atomic E-state index is 13.0. The summed E-state index contributed by atoms with van der Waals surface area (Å²) in [5.41, 5.74) is 1.50. The Kier molecular flexibility index (Phi) is 5.58. The van der Waals surface area contributed by atoms with E-state index in [1.165, 1.54) is 21.7 Å². The van der Waals surface area contributed by atoms with E-state index in [0.29, 0.717) is 16.9 Å². The maximum Gasteiger partial charge on any atom is 0.296 e. The summed E-state index contributed by atoms with van der Waals surface area (Å²) in [5, 5.41) is 0. The number of aryl methyl sites for hydroxylation is 1. The van der Waals surface area contributed by atoms with E-state index in [-0.39, 0.29) is 22.1 Å². The number of aromatic nitrogens is 2. The molecular formula is C21H24N4O4S. The van der Waals surface area contributed by atoms with Gasteiger partial charge in [-0.15, -0.1) is 0 Å². The molecule has 1 N–H and O–H groups in total. The van der Waals surface area contributed by atoms with Crippen molar-refractivity contribution in [3.05, 3.63) is 75.7 Å². The molecule has 0 unspecified atom stereocenters. The van der Waals surface area contributed by atoms with Crippen LogP contribution in [0.5, 0.6) is 0 Å². The van der Waals surface area contributed by atoms with Crippen LogP contribution < -0.4 is 10.3 Å². The first-order valence-electron chi connectivity index (χ1n) is 9.23. The molecule has 0 radical (unpaired) electrons. The van der Waals surface area contributed by atoms with Crippen LogP contribution in [-0.2, 0) is 17.1 Å². The lowest BCUT2D eigenvalue weighted by molar-refractivity contribution is 0.0826. The molecule has 2 aromatic carbocycles. The number of para-hydroxylation sites is 1. The van der Waals surface area contributed by atoms with E-state index in [2.05, 4.69) is 4.72 Å². The predicted molar refractivity (Wildman–Crippen MR) is 116 cm³/mol. The number of carbonyl (C=O) groups excluding carboxylic acids is 1. The highest BCUT2D eigenvalue weighted by molar-refractivity contribution is 7.92. The predicted octanol–water partition coefficient (Wildman–Crippen LogP) is 2.30. The van der Waals surface area contributed by atoms with Gasteiger partial charge in [0.2, 0.25) is 0 Å². The molecule has 0 saturated heterocycles. The highest BCUT2D eigenvalue weighted by Gasteiger charge is 2.24. The van der Waals surface area contributed by atoms with Crippen LogP contribution in [0.3, 0.4) is 0 Å². The summed E-state index contributed by atoms with van der Waals surface area (Å²) in [4.78, 5) is 26.7. The number of hydrogen-bond acceptors (Lipinski definition) is 4. The third-order valence-electron chi connectivity index (χ3n) is 4.95. The lowest BCUT2D eigenvalue weighted by Crippen LogP contribution is -2.24. The first-order chi connectivity index (χ1) is 14.0. The van der Waals surface area contributed by atoms with Gasteiger partial charge in [0.1, 0.15) is 5.69 Å². The second-order valence-electron chi connectivity index (χ2n) is 7.22. The molecule has 158 valence electrons. The fourth-order valence-electron chi connectivity index (χ4n) is 3.12. The Morgan fingerprint density at radius 2 is 1.67 bits per heavy atom. The van der Waals surface area contributed by atoms with Crippen molar-refractivity contribution < 1.29 is 13.2 Å². The van der Waals surface area contributed by atoms with Crippen molar-refractivity contribution in [1.29, 1.82) is 0 Å². The SMILES string of the molecule is Cc1ccc(S(=O)(=O)Nc2c(C)n(C)n(-c3ccccc3)c2=O)cc1C(=O)N(C)C. The van der Waals surface area contributed by atoms with Crippen molar-refractivity contribution in [2.45, 2.75) is 18.7 Å². The zero-order valence-corrected chi connectivity index (χ0v) is 18.3. The van der Waals surface area contributed by atoms with Crippen LogP contribution in [-0.4, -0.2) is 42.7 Å². The summed E-state index contributed by atoms with van der Waals surface area (Å²) in [6, 6.07) is 13.3. The van der Waals surface area contributed by atoms with Crippen molar-refractivity contribution in [2.75, 3.05) is 18.8 Å². The fraction of sp³-hybridized carbons (Fsp3) is 0.238. The highest BCUT2D eigenvalue weighted by Crippen LogP contribution is 2.21. The summed E-state index contributed by atoms with van der Waals surface area (Å²) >= 11 is 0. The number of rotatable bonds is 5. The van der Waals surface area contributed by atoms with Gasteiger partial charge in [-0.3, -0.25) is 19.0 Å². The van der Waals surface area contributed by atoms with Crippen LogP contribution in [0.25, 0.3) is 5.69 Å². The Hall–Kier alpha value is -3.33. The highest BCUT2D eigenvalue weighted by atomic mass is 32.2. The van der Waals surface area contributed by atoms with Gasteiger partial charge in [0.15, 0.2) is 0 Å². The second-order valence-corrected chi connectivity index (χ2v) is 8.90. The largest absolute Gasteiger partial charge is 0.345 e. The molecule has 30 heavy (non-hydrogen) atoms. The standard InChI is InChI=1S/C21H24N4O4S/c1-14-11-12-17(13-18(14)20(26)23(3)4)30(28,29)22-19-15(2)24(5)25(21(19)27)16-9-7-6-8-10-16/h6-13,22H,1-5H3. The normalized spacial score (nSPS) is 11.4. The minimum absolute atomic E-state index is 0.0394. The van der Waals surface area contributed by atoms with Gasteiger partial charge >= 0.3 is 0 Å². The smallest absolute Gasteiger partial charge is 0.296 e. The average Bonchev–Trinajstić information content (AvgIpc) is 2.91. The van der Waals surface area contributed by atoms with Gasteiger partial charge in [-0.2, -0.15) is 0 Å². The van der Waals surface area contributed by atoms with Gasteiger partial charge in [0.05, 0.1) is 16.3 Å². The Morgan fingerprint density at radius 1 is 1.03 bits per heavy atom. The Morgan fingerprint density at radius 3 is 2.27 bits per heavy atom. The van der Waals surface area contributed by atoms with E-state index in [4.69, 9.17) is 0 Å². The number of nitrogens with zero attached hydrogens (tertiary/aromatic N) is 3. The van der Waals surface area contributed by atoms with E-state index in [1.54, 1.807) is 70.0 Å². The third-order valence-corrected chi connectivity index (χ3v) is 6.29. The number of sulfonamides is 1. The van der Waals surface area contributed by atoms with Crippen molar-refractivity contribution >= 4 is 21.6 Å². The molecule has 3 aromatic rings. The van der Waals surface area contributed by atoms with Crippen LogP contribution in [0.1, 0.15) is 21.6 Å². The molecule has 1 heterocycles. The topological polar surface area (TPSA) is 93.4 Å². The molecule has 9 heteroatoms. The van der Waals surface area contributed by atoms with Crippen LogP contribution in [0.2, 0.25) is 0 Å². The minimum Gasteiger partial charge on any atom is -0.345 e. The summed E-state index contributed by atoms with van der Waals surface area (Å²) in [6.45, 7) is 3.40. The van der Waals surface area contributed by atoms with Gasteiger partial charge in [-0.25, -0.2) is 13.1 Å². The van der Waals surface area contributed by atoms with Gasteiger partial charge < -0.3 is 4.90 Å². The Labute approximate surface area is 175 Å². The molecule has 0 aliphatic carbocycles. The molecule has 8 nitrogen and oxygen atoms in total. The lowest BCUT2D eigenvalue weighted by Gasteiger charge is -2.14. The molecule has 0 atom stereocenters. The van der Waals surface area contributed by atoms with E-state index >= 15 is 0 Å². The molecule has 0 saturated carbocycles. The zero-order valence-electron chi connectivity index (χ0n) is 17.5. The molecule has 1 amide bonds. The second kappa shape index (κ2) is 7.83. The van der Waals surface area contributed by atoms with Crippen LogP contribution in [0, 0.1) is 13.8 Å². The maximum absolute atomic E-state index is 13.0. The fourth-order valence-corrected chi connectivity index (χ4v) is 4.26. The van der Waals surface area contributed by atoms with E-state index < -0.39 is 15.6 Å². The average molecular weight is 429 g/mol. The summed E-state index contributed by atoms with van der Waals surface area (Å²) < 4.78 is 31.4. The third kappa shape index (κ3) is 3.76. The molecule has 0 aliphatic rings. The molecule has 1 aromatic heterocycles. The van der Waals surface area contributed by atoms with E-state index in [0.717, 1.165) is 0 Å². The van der Waals surface area contributed by atoms with Gasteiger partial charge in [-0.05, 0) is 43.7 Å². The molecule has 0 fully saturated rings. The number of anilines is 1. The number of carbonyl (C=O) groups is 1.